The summed E-state index contributed by atoms with van der Waals surface area (Å²) in [5.41, 5.74) is 7.07. The molecule has 2 saturated heterocycles. The lowest BCUT2D eigenvalue weighted by atomic mass is 9.68. The Labute approximate surface area is 117 Å². The molecular weight excluding hydrogens is 236 g/mol. The molecule has 1 aliphatic carbocycles. The van der Waals surface area contributed by atoms with Gasteiger partial charge in [-0.3, -0.25) is 4.90 Å². The van der Waals surface area contributed by atoms with E-state index in [0.717, 1.165) is 13.0 Å². The van der Waals surface area contributed by atoms with Gasteiger partial charge in [0.1, 0.15) is 0 Å². The van der Waals surface area contributed by atoms with Gasteiger partial charge in [0.25, 0.3) is 0 Å². The van der Waals surface area contributed by atoms with E-state index in [0.29, 0.717) is 5.92 Å². The number of ether oxygens (including phenoxy) is 1. The summed E-state index contributed by atoms with van der Waals surface area (Å²) < 4.78 is 6.05. The van der Waals surface area contributed by atoms with Crippen LogP contribution in [0.2, 0.25) is 0 Å². The lowest BCUT2D eigenvalue weighted by Crippen LogP contribution is -2.60. The van der Waals surface area contributed by atoms with Crippen molar-refractivity contribution in [3.63, 3.8) is 0 Å². The van der Waals surface area contributed by atoms with Crippen LogP contribution in [0, 0.1) is 5.92 Å². The minimum Gasteiger partial charge on any atom is -0.375 e. The van der Waals surface area contributed by atoms with E-state index in [1.165, 1.54) is 51.6 Å². The number of nitrogens with zero attached hydrogens (tertiary/aromatic N) is 1. The third-order valence-electron chi connectivity index (χ3n) is 6.04. The quantitative estimate of drug-likeness (QED) is 0.853. The van der Waals surface area contributed by atoms with Crippen molar-refractivity contribution in [2.24, 2.45) is 11.7 Å². The van der Waals surface area contributed by atoms with Crippen LogP contribution in [0.3, 0.4) is 0 Å². The first-order chi connectivity index (χ1) is 9.04. The first-order valence-corrected chi connectivity index (χ1v) is 8.18. The van der Waals surface area contributed by atoms with Gasteiger partial charge in [-0.1, -0.05) is 0 Å². The molecule has 110 valence electrons. The lowest BCUT2D eigenvalue weighted by molar-refractivity contribution is -0.150. The van der Waals surface area contributed by atoms with Crippen LogP contribution in [0.5, 0.6) is 0 Å². The first kappa shape index (κ1) is 13.8. The van der Waals surface area contributed by atoms with Gasteiger partial charge < -0.3 is 10.5 Å². The van der Waals surface area contributed by atoms with Crippen molar-refractivity contribution in [1.29, 1.82) is 0 Å². The highest BCUT2D eigenvalue weighted by molar-refractivity contribution is 5.02. The Balaban J connectivity index is 1.66. The van der Waals surface area contributed by atoms with E-state index in [1.54, 1.807) is 0 Å². The summed E-state index contributed by atoms with van der Waals surface area (Å²) in [6.07, 6.45) is 8.91. The summed E-state index contributed by atoms with van der Waals surface area (Å²) in [6, 6.07) is 0.284. The van der Waals surface area contributed by atoms with Crippen molar-refractivity contribution in [2.75, 3.05) is 19.7 Å². The molecule has 0 aromatic carbocycles. The van der Waals surface area contributed by atoms with Crippen LogP contribution >= 0.6 is 0 Å². The summed E-state index contributed by atoms with van der Waals surface area (Å²) in [4.78, 5) is 2.61. The second-order valence-electron chi connectivity index (χ2n) is 7.51. The number of likely N-dealkylation sites (tertiary alicyclic amines) is 1. The number of hydrogen-bond acceptors (Lipinski definition) is 3. The Kier molecular flexibility index (Phi) is 3.65. The Morgan fingerprint density at radius 1 is 1.21 bits per heavy atom. The van der Waals surface area contributed by atoms with E-state index in [2.05, 4.69) is 18.7 Å². The predicted molar refractivity (Wildman–Crippen MR) is 78.1 cm³/mol. The third kappa shape index (κ3) is 2.45. The Bertz CT molecular complexity index is 319. The van der Waals surface area contributed by atoms with E-state index in [1.807, 2.05) is 0 Å². The highest BCUT2D eigenvalue weighted by atomic mass is 16.5. The average Bonchev–Trinajstić information content (AvgIpc) is 2.90. The van der Waals surface area contributed by atoms with Crippen molar-refractivity contribution in [3.8, 4) is 0 Å². The van der Waals surface area contributed by atoms with Gasteiger partial charge >= 0.3 is 0 Å². The molecular formula is C16H30N2O. The molecule has 2 heterocycles. The van der Waals surface area contributed by atoms with Crippen molar-refractivity contribution in [3.05, 3.63) is 0 Å². The molecule has 0 aromatic heterocycles. The van der Waals surface area contributed by atoms with Gasteiger partial charge in [-0.2, -0.15) is 0 Å². The molecule has 3 heteroatoms. The molecule has 2 unspecified atom stereocenters. The maximum absolute atomic E-state index is 6.71. The molecule has 3 nitrogen and oxygen atoms in total. The zero-order valence-corrected chi connectivity index (χ0v) is 12.7. The van der Waals surface area contributed by atoms with Gasteiger partial charge in [-0.05, 0) is 77.8 Å². The monoisotopic (exact) mass is 266 g/mol. The number of nitrogens with two attached hydrogens (primary N) is 1. The van der Waals surface area contributed by atoms with E-state index >= 15 is 0 Å². The van der Waals surface area contributed by atoms with E-state index in [-0.39, 0.29) is 17.2 Å². The topological polar surface area (TPSA) is 38.5 Å². The molecule has 2 aliphatic heterocycles. The third-order valence-corrected chi connectivity index (χ3v) is 6.04. The van der Waals surface area contributed by atoms with Crippen LogP contribution in [0.4, 0.5) is 0 Å². The van der Waals surface area contributed by atoms with Crippen LogP contribution in [0.1, 0.15) is 58.8 Å². The van der Waals surface area contributed by atoms with Gasteiger partial charge in [-0.15, -0.1) is 0 Å². The highest BCUT2D eigenvalue weighted by Crippen LogP contribution is 2.46. The lowest BCUT2D eigenvalue weighted by Gasteiger charge is -2.51. The van der Waals surface area contributed by atoms with Crippen LogP contribution < -0.4 is 5.73 Å². The van der Waals surface area contributed by atoms with Crippen LogP contribution in [0.15, 0.2) is 0 Å². The second kappa shape index (κ2) is 5.01. The summed E-state index contributed by atoms with van der Waals surface area (Å²) in [5.74, 6) is 0.643. The van der Waals surface area contributed by atoms with Gasteiger partial charge in [0.15, 0.2) is 0 Å². The summed E-state index contributed by atoms with van der Waals surface area (Å²) in [7, 11) is 0. The minimum absolute atomic E-state index is 0.142. The molecule has 1 spiro atoms. The largest absolute Gasteiger partial charge is 0.375 e. The maximum Gasteiger partial charge on any atom is 0.0685 e. The van der Waals surface area contributed by atoms with Crippen molar-refractivity contribution in [2.45, 2.75) is 76.0 Å². The van der Waals surface area contributed by atoms with Crippen molar-refractivity contribution < 1.29 is 4.74 Å². The SMILES string of the molecule is CC(C)(C(N)C1CCOC2(CCC2)C1)N1CCCC1. The van der Waals surface area contributed by atoms with Crippen LogP contribution in [0.25, 0.3) is 0 Å². The summed E-state index contributed by atoms with van der Waals surface area (Å²) >= 11 is 0. The van der Waals surface area contributed by atoms with Gasteiger partial charge in [0.2, 0.25) is 0 Å². The molecule has 0 radical (unpaired) electrons. The fraction of sp³-hybridized carbons (Fsp3) is 1.00. The fourth-order valence-electron chi connectivity index (χ4n) is 4.37. The Morgan fingerprint density at radius 3 is 2.47 bits per heavy atom. The fourth-order valence-corrected chi connectivity index (χ4v) is 4.37. The Morgan fingerprint density at radius 2 is 1.89 bits per heavy atom. The molecule has 3 fully saturated rings. The molecule has 2 N–H and O–H groups in total. The highest BCUT2D eigenvalue weighted by Gasteiger charge is 2.47. The zero-order valence-electron chi connectivity index (χ0n) is 12.7. The van der Waals surface area contributed by atoms with Gasteiger partial charge in [0.05, 0.1) is 5.60 Å². The normalized spacial score (nSPS) is 33.3. The maximum atomic E-state index is 6.71. The zero-order chi connectivity index (χ0) is 13.5. The molecule has 3 rings (SSSR count). The van der Waals surface area contributed by atoms with Crippen molar-refractivity contribution >= 4 is 0 Å². The molecule has 3 aliphatic rings. The van der Waals surface area contributed by atoms with Crippen LogP contribution in [-0.4, -0.2) is 41.8 Å². The number of hydrogen-bond donors (Lipinski definition) is 1. The van der Waals surface area contributed by atoms with E-state index in [9.17, 15) is 0 Å². The van der Waals surface area contributed by atoms with Crippen molar-refractivity contribution in [1.82, 2.24) is 4.90 Å². The number of rotatable bonds is 3. The van der Waals surface area contributed by atoms with Crippen LogP contribution in [-0.2, 0) is 4.74 Å². The molecule has 19 heavy (non-hydrogen) atoms. The van der Waals surface area contributed by atoms with E-state index in [4.69, 9.17) is 10.5 Å². The smallest absolute Gasteiger partial charge is 0.0685 e. The molecule has 0 aromatic rings. The van der Waals surface area contributed by atoms with E-state index < -0.39 is 0 Å². The summed E-state index contributed by atoms with van der Waals surface area (Å²) in [6.45, 7) is 8.09. The van der Waals surface area contributed by atoms with Gasteiger partial charge in [0, 0.05) is 18.2 Å². The molecule has 1 saturated carbocycles. The van der Waals surface area contributed by atoms with Gasteiger partial charge in [-0.25, -0.2) is 0 Å². The predicted octanol–water partition coefficient (Wildman–Crippen LogP) is 2.54. The average molecular weight is 266 g/mol. The minimum atomic E-state index is 0.142. The Hall–Kier alpha value is -0.120. The standard InChI is InChI=1S/C16H30N2O/c1-15(2,18-9-3-4-10-18)14(17)13-6-11-19-16(12-13)7-5-8-16/h13-14H,3-12,17H2,1-2H3. The summed E-state index contributed by atoms with van der Waals surface area (Å²) in [5, 5.41) is 0. The first-order valence-electron chi connectivity index (χ1n) is 8.18. The molecule has 0 bridgehead atoms. The second-order valence-corrected chi connectivity index (χ2v) is 7.51. The molecule has 0 amide bonds. The molecule has 2 atom stereocenters.